The van der Waals surface area contributed by atoms with Gasteiger partial charge in [0.25, 0.3) is 5.91 Å². The van der Waals surface area contributed by atoms with Gasteiger partial charge >= 0.3 is 0 Å². The van der Waals surface area contributed by atoms with Gasteiger partial charge in [-0.05, 0) is 37.3 Å². The Morgan fingerprint density at radius 3 is 2.75 bits per heavy atom. The quantitative estimate of drug-likeness (QED) is 0.887. The predicted octanol–water partition coefficient (Wildman–Crippen LogP) is 2.58. The Labute approximate surface area is 141 Å². The van der Waals surface area contributed by atoms with Crippen LogP contribution >= 0.6 is 0 Å². The smallest absolute Gasteiger partial charge is 0.253 e. The van der Waals surface area contributed by atoms with Crippen molar-refractivity contribution >= 4 is 5.91 Å². The van der Waals surface area contributed by atoms with Gasteiger partial charge in [0.2, 0.25) is 5.56 Å². The van der Waals surface area contributed by atoms with Crippen LogP contribution < -0.4 is 10.9 Å². The van der Waals surface area contributed by atoms with Crippen LogP contribution in [0.15, 0.2) is 47.3 Å². The largest absolute Gasteiger partial charge is 0.381 e. The normalized spacial score (nSPS) is 18.3. The molecule has 2 atom stereocenters. The molecular weight excluding hydrogens is 304 g/mol. The van der Waals surface area contributed by atoms with Crippen molar-refractivity contribution in [3.05, 3.63) is 69.6 Å². The average Bonchev–Trinajstić information content (AvgIpc) is 3.08. The summed E-state index contributed by atoms with van der Waals surface area (Å²) in [6.45, 7) is 3.27. The zero-order valence-corrected chi connectivity index (χ0v) is 13.7. The van der Waals surface area contributed by atoms with Crippen molar-refractivity contribution in [2.75, 3.05) is 13.2 Å². The molecule has 1 aliphatic rings. The fourth-order valence-corrected chi connectivity index (χ4v) is 3.13. The van der Waals surface area contributed by atoms with E-state index in [-0.39, 0.29) is 17.5 Å². The summed E-state index contributed by atoms with van der Waals surface area (Å²) in [4.78, 5) is 26.7. The van der Waals surface area contributed by atoms with E-state index in [2.05, 4.69) is 10.3 Å². The third kappa shape index (κ3) is 3.92. The molecular formula is C19H22N2O3. The van der Waals surface area contributed by atoms with E-state index < -0.39 is 0 Å². The highest BCUT2D eigenvalue weighted by Gasteiger charge is 2.24. The van der Waals surface area contributed by atoms with E-state index in [1.165, 1.54) is 6.07 Å². The Balaban J connectivity index is 1.80. The van der Waals surface area contributed by atoms with E-state index in [1.807, 2.05) is 30.3 Å². The topological polar surface area (TPSA) is 71.2 Å². The molecule has 0 saturated carbocycles. The van der Waals surface area contributed by atoms with Gasteiger partial charge in [-0.15, -0.1) is 0 Å². The lowest BCUT2D eigenvalue weighted by atomic mass is 9.94. The van der Waals surface area contributed by atoms with Crippen molar-refractivity contribution in [1.82, 2.24) is 10.3 Å². The van der Waals surface area contributed by atoms with E-state index in [0.29, 0.717) is 17.2 Å². The highest BCUT2D eigenvalue weighted by Crippen LogP contribution is 2.27. The van der Waals surface area contributed by atoms with Gasteiger partial charge in [-0.2, -0.15) is 0 Å². The van der Waals surface area contributed by atoms with Crippen LogP contribution in [0.1, 0.15) is 40.5 Å². The van der Waals surface area contributed by atoms with E-state index in [1.54, 1.807) is 13.0 Å². The molecule has 24 heavy (non-hydrogen) atoms. The molecule has 3 rings (SSSR count). The summed E-state index contributed by atoms with van der Waals surface area (Å²) in [7, 11) is 0. The maximum Gasteiger partial charge on any atom is 0.253 e. The number of H-pyrrole nitrogens is 1. The maximum atomic E-state index is 12.7. The Morgan fingerprint density at radius 1 is 1.29 bits per heavy atom. The molecule has 126 valence electrons. The number of aromatic amines is 1. The number of pyridine rings is 1. The first-order chi connectivity index (χ1) is 11.6. The molecule has 1 aromatic carbocycles. The van der Waals surface area contributed by atoms with Crippen LogP contribution in [0.3, 0.4) is 0 Å². The Bertz CT molecular complexity index is 749. The summed E-state index contributed by atoms with van der Waals surface area (Å²) < 4.78 is 5.46. The van der Waals surface area contributed by atoms with Crippen molar-refractivity contribution in [1.29, 1.82) is 0 Å². The number of amides is 1. The molecule has 1 aromatic heterocycles. The number of hydrogen-bond acceptors (Lipinski definition) is 3. The molecule has 5 heteroatoms. The van der Waals surface area contributed by atoms with E-state index in [9.17, 15) is 9.59 Å². The number of carbonyl (C=O) groups is 1. The molecule has 1 amide bonds. The van der Waals surface area contributed by atoms with Gasteiger partial charge in [-0.25, -0.2) is 0 Å². The van der Waals surface area contributed by atoms with Crippen molar-refractivity contribution in [3.63, 3.8) is 0 Å². The number of aryl methyl sites for hydroxylation is 1. The van der Waals surface area contributed by atoms with Crippen LogP contribution in [0.2, 0.25) is 0 Å². The Morgan fingerprint density at radius 2 is 2.08 bits per heavy atom. The number of hydrogen-bond donors (Lipinski definition) is 2. The summed E-state index contributed by atoms with van der Waals surface area (Å²) >= 11 is 0. The highest BCUT2D eigenvalue weighted by molar-refractivity contribution is 5.95. The fraction of sp³-hybridized carbons (Fsp3) is 0.368. The van der Waals surface area contributed by atoms with Gasteiger partial charge < -0.3 is 15.0 Å². The molecule has 5 nitrogen and oxygen atoms in total. The molecule has 0 bridgehead atoms. The second kappa shape index (κ2) is 7.45. The molecule has 0 spiro atoms. The lowest BCUT2D eigenvalue weighted by Crippen LogP contribution is -2.31. The molecule has 2 aromatic rings. The Hall–Kier alpha value is -2.40. The average molecular weight is 326 g/mol. The third-order valence-electron chi connectivity index (χ3n) is 4.46. The molecule has 1 fully saturated rings. The van der Waals surface area contributed by atoms with Gasteiger partial charge in [0, 0.05) is 25.0 Å². The number of ether oxygens (including phenoxy) is 1. The molecule has 0 radical (unpaired) electrons. The molecule has 2 N–H and O–H groups in total. The monoisotopic (exact) mass is 326 g/mol. The first kappa shape index (κ1) is 16.5. The summed E-state index contributed by atoms with van der Waals surface area (Å²) in [5.41, 5.74) is 1.96. The van der Waals surface area contributed by atoms with E-state index in [4.69, 9.17) is 4.74 Å². The Kier molecular flexibility index (Phi) is 5.11. The summed E-state index contributed by atoms with van der Waals surface area (Å²) in [6, 6.07) is 12.9. The van der Waals surface area contributed by atoms with E-state index >= 15 is 0 Å². The number of nitrogens with one attached hydrogen (secondary N) is 2. The maximum absolute atomic E-state index is 12.7. The fourth-order valence-electron chi connectivity index (χ4n) is 3.13. The number of aromatic nitrogens is 1. The van der Waals surface area contributed by atoms with Crippen LogP contribution in [0.5, 0.6) is 0 Å². The van der Waals surface area contributed by atoms with Crippen LogP contribution in [0.25, 0.3) is 0 Å². The lowest BCUT2D eigenvalue weighted by Gasteiger charge is -2.22. The van der Waals surface area contributed by atoms with Crippen molar-refractivity contribution < 1.29 is 9.53 Å². The second-order valence-electron chi connectivity index (χ2n) is 6.26. The highest BCUT2D eigenvalue weighted by atomic mass is 16.5. The first-order valence-electron chi connectivity index (χ1n) is 8.27. The van der Waals surface area contributed by atoms with Crippen LogP contribution in [0.4, 0.5) is 0 Å². The number of benzene rings is 1. The van der Waals surface area contributed by atoms with E-state index in [0.717, 1.165) is 31.6 Å². The minimum absolute atomic E-state index is 0.0725. The summed E-state index contributed by atoms with van der Waals surface area (Å²) in [5.74, 6) is 0.281. The lowest BCUT2D eigenvalue weighted by molar-refractivity contribution is 0.0927. The van der Waals surface area contributed by atoms with Gasteiger partial charge in [0.15, 0.2) is 0 Å². The van der Waals surface area contributed by atoms with Gasteiger partial charge in [0.1, 0.15) is 0 Å². The number of carbonyl (C=O) groups excluding carboxylic acids is 1. The van der Waals surface area contributed by atoms with Crippen molar-refractivity contribution in [2.45, 2.75) is 25.8 Å². The summed E-state index contributed by atoms with van der Waals surface area (Å²) in [6.07, 6.45) is 1.87. The van der Waals surface area contributed by atoms with Crippen molar-refractivity contribution in [2.24, 2.45) is 5.92 Å². The SMILES string of the molecule is Cc1[nH]c(=O)ccc1C(=O)NC(CC1CCOC1)c1ccccc1. The molecule has 1 saturated heterocycles. The molecule has 2 unspecified atom stereocenters. The van der Waals surface area contributed by atoms with Crippen LogP contribution in [-0.2, 0) is 4.74 Å². The second-order valence-corrected chi connectivity index (χ2v) is 6.26. The first-order valence-corrected chi connectivity index (χ1v) is 8.27. The standard InChI is InChI=1S/C19H22N2O3/c1-13-16(7-8-18(22)20-13)19(23)21-17(11-14-9-10-24-12-14)15-5-3-2-4-6-15/h2-8,14,17H,9-12H2,1H3,(H,20,22)(H,21,23). The predicted molar refractivity (Wildman–Crippen MR) is 92.0 cm³/mol. The molecule has 0 aliphatic carbocycles. The third-order valence-corrected chi connectivity index (χ3v) is 4.46. The minimum atomic E-state index is -0.202. The van der Waals surface area contributed by atoms with Gasteiger partial charge in [-0.1, -0.05) is 30.3 Å². The van der Waals surface area contributed by atoms with Crippen LogP contribution in [0, 0.1) is 12.8 Å². The van der Waals surface area contributed by atoms with Crippen molar-refractivity contribution in [3.8, 4) is 0 Å². The van der Waals surface area contributed by atoms with Gasteiger partial charge in [0.05, 0.1) is 11.6 Å². The zero-order chi connectivity index (χ0) is 16.9. The summed E-state index contributed by atoms with van der Waals surface area (Å²) in [5, 5.41) is 3.12. The molecule has 1 aliphatic heterocycles. The minimum Gasteiger partial charge on any atom is -0.381 e. The van der Waals surface area contributed by atoms with Gasteiger partial charge in [-0.3, -0.25) is 9.59 Å². The van der Waals surface area contributed by atoms with Crippen LogP contribution in [-0.4, -0.2) is 24.1 Å². The number of rotatable bonds is 5. The molecule has 2 heterocycles. The zero-order valence-electron chi connectivity index (χ0n) is 13.7.